The summed E-state index contributed by atoms with van der Waals surface area (Å²) < 4.78 is 5.42. The molecule has 2 rings (SSSR count). The van der Waals surface area contributed by atoms with Crippen molar-refractivity contribution >= 4 is 5.91 Å². The average molecular weight is 265 g/mol. The number of likely N-dealkylation sites (tertiary alicyclic amines) is 1. The average Bonchev–Trinajstić information content (AvgIpc) is 2.97. The molecule has 0 N–H and O–H groups in total. The van der Waals surface area contributed by atoms with Crippen molar-refractivity contribution in [1.29, 1.82) is 0 Å². The van der Waals surface area contributed by atoms with E-state index >= 15 is 0 Å². The smallest absolute Gasteiger partial charge is 0.291 e. The first-order valence-electron chi connectivity index (χ1n) is 7.04. The van der Waals surface area contributed by atoms with Gasteiger partial charge >= 0.3 is 0 Å². The van der Waals surface area contributed by atoms with Crippen LogP contribution in [0.4, 0.5) is 0 Å². The number of carbonyl (C=O) groups excluding carboxylic acids is 1. The lowest BCUT2D eigenvalue weighted by Gasteiger charge is -2.25. The van der Waals surface area contributed by atoms with E-state index in [9.17, 15) is 4.79 Å². The van der Waals surface area contributed by atoms with Gasteiger partial charge in [-0.05, 0) is 26.4 Å². The van der Waals surface area contributed by atoms with Crippen LogP contribution in [0.5, 0.6) is 0 Å². The van der Waals surface area contributed by atoms with E-state index in [0.29, 0.717) is 23.4 Å². The van der Waals surface area contributed by atoms with Crippen LogP contribution < -0.4 is 0 Å². The van der Waals surface area contributed by atoms with Crippen LogP contribution in [-0.4, -0.2) is 52.9 Å². The number of amides is 1. The van der Waals surface area contributed by atoms with Gasteiger partial charge in [-0.1, -0.05) is 13.8 Å². The van der Waals surface area contributed by atoms with E-state index in [4.69, 9.17) is 4.42 Å². The second-order valence-electron chi connectivity index (χ2n) is 5.06. The zero-order chi connectivity index (χ0) is 14.0. The summed E-state index contributed by atoms with van der Waals surface area (Å²) in [6.45, 7) is 11.6. The third kappa shape index (κ3) is 2.81. The Morgan fingerprint density at radius 1 is 1.42 bits per heavy atom. The van der Waals surface area contributed by atoms with Crippen molar-refractivity contribution in [3.8, 4) is 0 Å². The Bertz CT molecular complexity index is 452. The van der Waals surface area contributed by atoms with Crippen molar-refractivity contribution in [2.75, 3.05) is 26.2 Å². The first kappa shape index (κ1) is 14.1. The Morgan fingerprint density at radius 2 is 2.11 bits per heavy atom. The predicted octanol–water partition coefficient (Wildman–Crippen LogP) is 1.85. The summed E-state index contributed by atoms with van der Waals surface area (Å²) in [5.74, 6) is 0.936. The summed E-state index contributed by atoms with van der Waals surface area (Å²) in [5, 5.41) is 0. The fraction of sp³-hybridized carbons (Fsp3) is 0.714. The van der Waals surface area contributed by atoms with Crippen LogP contribution in [0.1, 0.15) is 42.4 Å². The maximum Gasteiger partial charge on any atom is 0.291 e. The highest BCUT2D eigenvalue weighted by atomic mass is 16.4. The molecule has 5 heteroatoms. The van der Waals surface area contributed by atoms with Gasteiger partial charge in [-0.15, -0.1) is 0 Å². The molecule has 0 bridgehead atoms. The minimum atomic E-state index is -0.0206. The molecule has 1 aromatic heterocycles. The predicted molar refractivity (Wildman–Crippen MR) is 73.2 cm³/mol. The fourth-order valence-electron chi connectivity index (χ4n) is 2.84. The molecule has 1 aliphatic rings. The van der Waals surface area contributed by atoms with Crippen LogP contribution in [0.15, 0.2) is 4.42 Å². The van der Waals surface area contributed by atoms with Crippen LogP contribution >= 0.6 is 0 Å². The summed E-state index contributed by atoms with van der Waals surface area (Å²) in [4.78, 5) is 20.9. The highest BCUT2D eigenvalue weighted by Gasteiger charge is 2.31. The molecule has 0 aromatic carbocycles. The van der Waals surface area contributed by atoms with E-state index in [2.05, 4.69) is 23.7 Å². The third-order valence-corrected chi connectivity index (χ3v) is 3.88. The Balaban J connectivity index is 2.04. The van der Waals surface area contributed by atoms with Gasteiger partial charge < -0.3 is 9.32 Å². The number of hydrogen-bond acceptors (Lipinski definition) is 4. The van der Waals surface area contributed by atoms with Crippen LogP contribution in [-0.2, 0) is 0 Å². The Morgan fingerprint density at radius 3 is 2.63 bits per heavy atom. The number of oxazole rings is 1. The van der Waals surface area contributed by atoms with Crippen molar-refractivity contribution in [1.82, 2.24) is 14.8 Å². The van der Waals surface area contributed by atoms with Crippen molar-refractivity contribution in [2.45, 2.75) is 40.2 Å². The number of hydrogen-bond donors (Lipinski definition) is 0. The number of nitrogens with zero attached hydrogens (tertiary/aromatic N) is 3. The summed E-state index contributed by atoms with van der Waals surface area (Å²) in [7, 11) is 0. The maximum absolute atomic E-state index is 12.4. The first-order valence-corrected chi connectivity index (χ1v) is 7.04. The van der Waals surface area contributed by atoms with Gasteiger partial charge in [0.2, 0.25) is 5.76 Å². The molecule has 0 spiro atoms. The summed E-state index contributed by atoms with van der Waals surface area (Å²) >= 11 is 0. The summed E-state index contributed by atoms with van der Waals surface area (Å²) in [6.07, 6.45) is 1.04. The van der Waals surface area contributed by atoms with Gasteiger partial charge in [-0.25, -0.2) is 4.98 Å². The Labute approximate surface area is 114 Å². The summed E-state index contributed by atoms with van der Waals surface area (Å²) in [5.41, 5.74) is 0.689. The van der Waals surface area contributed by atoms with Gasteiger partial charge in [0.15, 0.2) is 5.89 Å². The number of rotatable bonds is 4. The minimum Gasteiger partial charge on any atom is -0.436 e. The first-order chi connectivity index (χ1) is 9.06. The van der Waals surface area contributed by atoms with E-state index < -0.39 is 0 Å². The molecule has 19 heavy (non-hydrogen) atoms. The van der Waals surface area contributed by atoms with Gasteiger partial charge in [-0.2, -0.15) is 0 Å². The molecule has 106 valence electrons. The molecule has 1 saturated heterocycles. The van der Waals surface area contributed by atoms with Crippen LogP contribution in [0.2, 0.25) is 0 Å². The lowest BCUT2D eigenvalue weighted by Crippen LogP contribution is -2.38. The van der Waals surface area contributed by atoms with Gasteiger partial charge in [0, 0.05) is 26.1 Å². The molecule has 0 unspecified atom stereocenters. The van der Waals surface area contributed by atoms with E-state index in [1.165, 1.54) is 0 Å². The Hall–Kier alpha value is -1.36. The number of aryl methyl sites for hydroxylation is 2. The third-order valence-electron chi connectivity index (χ3n) is 3.88. The van der Waals surface area contributed by atoms with Gasteiger partial charge in [0.1, 0.15) is 0 Å². The minimum absolute atomic E-state index is 0.0206. The van der Waals surface area contributed by atoms with Gasteiger partial charge in [0.25, 0.3) is 5.91 Å². The molecule has 1 aliphatic heterocycles. The van der Waals surface area contributed by atoms with Gasteiger partial charge in [0.05, 0.1) is 5.69 Å². The van der Waals surface area contributed by atoms with Crippen molar-refractivity contribution in [2.24, 2.45) is 0 Å². The van der Waals surface area contributed by atoms with E-state index in [1.807, 2.05) is 11.8 Å². The lowest BCUT2D eigenvalue weighted by atomic mass is 10.2. The number of likely N-dealkylation sites (N-methyl/N-ethyl adjacent to an activating group) is 1. The maximum atomic E-state index is 12.4. The highest BCUT2D eigenvalue weighted by Crippen LogP contribution is 2.20. The molecule has 1 fully saturated rings. The molecular weight excluding hydrogens is 242 g/mol. The zero-order valence-electron chi connectivity index (χ0n) is 12.3. The van der Waals surface area contributed by atoms with Crippen LogP contribution in [0.3, 0.4) is 0 Å². The monoisotopic (exact) mass is 265 g/mol. The molecule has 5 nitrogen and oxygen atoms in total. The quantitative estimate of drug-likeness (QED) is 0.833. The van der Waals surface area contributed by atoms with Crippen molar-refractivity contribution < 1.29 is 9.21 Å². The largest absolute Gasteiger partial charge is 0.436 e. The van der Waals surface area contributed by atoms with Crippen LogP contribution in [0, 0.1) is 13.8 Å². The normalized spacial score (nSPS) is 19.4. The molecule has 0 saturated carbocycles. The van der Waals surface area contributed by atoms with E-state index in [0.717, 1.165) is 32.6 Å². The number of aromatic nitrogens is 1. The van der Waals surface area contributed by atoms with Crippen LogP contribution in [0.25, 0.3) is 0 Å². The molecule has 0 aliphatic carbocycles. The topological polar surface area (TPSA) is 49.6 Å². The van der Waals surface area contributed by atoms with Gasteiger partial charge in [-0.3, -0.25) is 9.69 Å². The van der Waals surface area contributed by atoms with E-state index in [-0.39, 0.29) is 5.91 Å². The molecule has 1 aromatic rings. The highest BCUT2D eigenvalue weighted by molar-refractivity contribution is 5.92. The zero-order valence-corrected chi connectivity index (χ0v) is 12.3. The second-order valence-corrected chi connectivity index (χ2v) is 5.06. The number of carbonyl (C=O) groups is 1. The molecule has 1 atom stereocenters. The Kier molecular flexibility index (Phi) is 4.24. The second kappa shape index (κ2) is 5.74. The molecular formula is C14H23N3O2. The molecule has 1 amide bonds. The fourth-order valence-corrected chi connectivity index (χ4v) is 2.84. The lowest BCUT2D eigenvalue weighted by molar-refractivity contribution is 0.0744. The standard InChI is InChI=1S/C14H23N3O2/c1-5-16(6-2)12-7-8-17(9-12)14(18)13-10(3)15-11(4)19-13/h12H,5-9H2,1-4H3/t12-/m0/s1. The SMILES string of the molecule is CCN(CC)[C@H]1CCN(C(=O)c2oc(C)nc2C)C1. The summed E-state index contributed by atoms with van der Waals surface area (Å²) in [6, 6.07) is 0.475. The van der Waals surface area contributed by atoms with Crippen molar-refractivity contribution in [3.63, 3.8) is 0 Å². The molecule has 2 heterocycles. The van der Waals surface area contributed by atoms with E-state index in [1.54, 1.807) is 6.92 Å². The van der Waals surface area contributed by atoms with Crippen molar-refractivity contribution in [3.05, 3.63) is 17.3 Å². The molecule has 0 radical (unpaired) electrons.